The van der Waals surface area contributed by atoms with E-state index in [1.54, 1.807) is 0 Å². The predicted molar refractivity (Wildman–Crippen MR) is 65.5 cm³/mol. The summed E-state index contributed by atoms with van der Waals surface area (Å²) in [6, 6.07) is 0. The van der Waals surface area contributed by atoms with Gasteiger partial charge in [0.2, 0.25) is 0 Å². The molecule has 0 spiro atoms. The van der Waals surface area contributed by atoms with Crippen LogP contribution in [0.5, 0.6) is 11.5 Å². The van der Waals surface area contributed by atoms with E-state index in [-0.39, 0.29) is 0 Å². The van der Waals surface area contributed by atoms with Crippen LogP contribution in [0.15, 0.2) is 0 Å². The van der Waals surface area contributed by atoms with Crippen molar-refractivity contribution in [3.8, 4) is 11.5 Å². The van der Waals surface area contributed by atoms with Gasteiger partial charge in [-0.25, -0.2) is 0 Å². The fourth-order valence-corrected chi connectivity index (χ4v) is 3.36. The SMILES string of the molecule is Clc1c2c(c(C3CNC3)c3c1OCC3)OCC2. The van der Waals surface area contributed by atoms with Gasteiger partial charge in [0, 0.05) is 48.5 Å². The number of rotatable bonds is 1. The van der Waals surface area contributed by atoms with Gasteiger partial charge >= 0.3 is 0 Å². The third-order valence-corrected chi connectivity index (χ3v) is 4.37. The van der Waals surface area contributed by atoms with Gasteiger partial charge in [0.15, 0.2) is 0 Å². The zero-order valence-corrected chi connectivity index (χ0v) is 10.3. The number of halogens is 1. The Morgan fingerprint density at radius 3 is 2.41 bits per heavy atom. The fourth-order valence-electron chi connectivity index (χ4n) is 3.01. The molecule has 0 aliphatic carbocycles. The topological polar surface area (TPSA) is 30.5 Å². The Bertz CT molecular complexity index is 462. The number of hydrogen-bond acceptors (Lipinski definition) is 3. The van der Waals surface area contributed by atoms with Crippen molar-refractivity contribution in [3.63, 3.8) is 0 Å². The molecule has 1 saturated heterocycles. The third-order valence-electron chi connectivity index (χ3n) is 3.97. The first-order valence-electron chi connectivity index (χ1n) is 6.19. The van der Waals surface area contributed by atoms with Gasteiger partial charge in [0.05, 0.1) is 18.2 Å². The molecule has 0 atom stereocenters. The minimum absolute atomic E-state index is 0.578. The van der Waals surface area contributed by atoms with Gasteiger partial charge in [-0.05, 0) is 0 Å². The lowest BCUT2D eigenvalue weighted by Gasteiger charge is -2.30. The van der Waals surface area contributed by atoms with Crippen LogP contribution in [0, 0.1) is 0 Å². The van der Waals surface area contributed by atoms with Gasteiger partial charge < -0.3 is 14.8 Å². The highest BCUT2D eigenvalue weighted by Gasteiger charge is 2.35. The van der Waals surface area contributed by atoms with Crippen molar-refractivity contribution in [1.82, 2.24) is 5.32 Å². The second-order valence-corrected chi connectivity index (χ2v) is 5.27. The van der Waals surface area contributed by atoms with E-state index in [2.05, 4.69) is 5.32 Å². The van der Waals surface area contributed by atoms with Crippen LogP contribution in [0.1, 0.15) is 22.6 Å². The molecule has 17 heavy (non-hydrogen) atoms. The van der Waals surface area contributed by atoms with Crippen molar-refractivity contribution >= 4 is 11.6 Å². The highest BCUT2D eigenvalue weighted by atomic mass is 35.5. The molecule has 90 valence electrons. The summed E-state index contributed by atoms with van der Waals surface area (Å²) in [5.74, 6) is 2.57. The van der Waals surface area contributed by atoms with Gasteiger partial charge in [-0.1, -0.05) is 11.6 Å². The van der Waals surface area contributed by atoms with Crippen LogP contribution in [0.25, 0.3) is 0 Å². The van der Waals surface area contributed by atoms with Crippen molar-refractivity contribution < 1.29 is 9.47 Å². The molecule has 1 aromatic carbocycles. The minimum Gasteiger partial charge on any atom is -0.493 e. The van der Waals surface area contributed by atoms with Crippen LogP contribution in [-0.2, 0) is 12.8 Å². The molecule has 1 N–H and O–H groups in total. The number of nitrogens with one attached hydrogen (secondary N) is 1. The van der Waals surface area contributed by atoms with E-state index in [1.165, 1.54) is 11.1 Å². The van der Waals surface area contributed by atoms with Gasteiger partial charge in [0.1, 0.15) is 11.5 Å². The van der Waals surface area contributed by atoms with Gasteiger partial charge in [0.25, 0.3) is 0 Å². The Hall–Kier alpha value is -0.930. The first kappa shape index (κ1) is 10.0. The number of fused-ring (bicyclic) bond motifs is 2. The monoisotopic (exact) mass is 251 g/mol. The maximum atomic E-state index is 6.42. The van der Waals surface area contributed by atoms with Crippen LogP contribution in [0.3, 0.4) is 0 Å². The summed E-state index contributed by atoms with van der Waals surface area (Å²) < 4.78 is 11.5. The van der Waals surface area contributed by atoms with E-state index >= 15 is 0 Å². The lowest BCUT2D eigenvalue weighted by Crippen LogP contribution is -2.40. The Morgan fingerprint density at radius 2 is 1.71 bits per heavy atom. The molecule has 4 rings (SSSR count). The van der Waals surface area contributed by atoms with E-state index in [0.717, 1.165) is 61.2 Å². The van der Waals surface area contributed by atoms with Gasteiger partial charge in [-0.15, -0.1) is 0 Å². The van der Waals surface area contributed by atoms with Crippen molar-refractivity contribution in [2.45, 2.75) is 18.8 Å². The van der Waals surface area contributed by atoms with Crippen LogP contribution in [0.2, 0.25) is 5.02 Å². The minimum atomic E-state index is 0.578. The summed E-state index contributed by atoms with van der Waals surface area (Å²) >= 11 is 6.42. The molecule has 0 amide bonds. The Labute approximate surface area is 105 Å². The maximum Gasteiger partial charge on any atom is 0.142 e. The largest absolute Gasteiger partial charge is 0.493 e. The zero-order chi connectivity index (χ0) is 11.4. The summed E-state index contributed by atoms with van der Waals surface area (Å²) in [7, 11) is 0. The molecule has 4 heteroatoms. The van der Waals surface area contributed by atoms with Crippen molar-refractivity contribution in [2.24, 2.45) is 0 Å². The average Bonchev–Trinajstić information content (AvgIpc) is 2.89. The molecule has 0 unspecified atom stereocenters. The summed E-state index contributed by atoms with van der Waals surface area (Å²) in [6.07, 6.45) is 1.88. The molecule has 0 aromatic heterocycles. The second-order valence-electron chi connectivity index (χ2n) is 4.90. The molecule has 3 heterocycles. The molecule has 1 fully saturated rings. The Morgan fingerprint density at radius 1 is 1.00 bits per heavy atom. The maximum absolute atomic E-state index is 6.42. The van der Waals surface area contributed by atoms with Crippen molar-refractivity contribution in [1.29, 1.82) is 0 Å². The predicted octanol–water partition coefficient (Wildman–Crippen LogP) is 1.90. The molecule has 0 radical (unpaired) electrons. The molecule has 1 aromatic rings. The van der Waals surface area contributed by atoms with E-state index < -0.39 is 0 Å². The Balaban J connectivity index is 1.98. The van der Waals surface area contributed by atoms with E-state index in [9.17, 15) is 0 Å². The summed E-state index contributed by atoms with van der Waals surface area (Å²) in [5.41, 5.74) is 3.82. The van der Waals surface area contributed by atoms with Crippen LogP contribution < -0.4 is 14.8 Å². The lowest BCUT2D eigenvalue weighted by atomic mass is 9.86. The molecular formula is C13H14ClNO2. The van der Waals surface area contributed by atoms with Crippen LogP contribution in [-0.4, -0.2) is 26.3 Å². The summed E-state index contributed by atoms with van der Waals surface area (Å²) in [4.78, 5) is 0. The molecule has 0 bridgehead atoms. The van der Waals surface area contributed by atoms with Crippen molar-refractivity contribution in [3.05, 3.63) is 21.7 Å². The van der Waals surface area contributed by atoms with Crippen molar-refractivity contribution in [2.75, 3.05) is 26.3 Å². The molecule has 3 aliphatic heterocycles. The number of ether oxygens (including phenoxy) is 2. The number of hydrogen-bond donors (Lipinski definition) is 1. The Kier molecular flexibility index (Phi) is 2.08. The summed E-state index contributed by atoms with van der Waals surface area (Å²) in [6.45, 7) is 3.60. The first-order valence-corrected chi connectivity index (χ1v) is 6.57. The van der Waals surface area contributed by atoms with Crippen LogP contribution >= 0.6 is 11.6 Å². The molecular weight excluding hydrogens is 238 g/mol. The number of benzene rings is 1. The second kappa shape index (κ2) is 3.53. The van der Waals surface area contributed by atoms with E-state index in [1.807, 2.05) is 0 Å². The van der Waals surface area contributed by atoms with Gasteiger partial charge in [-0.2, -0.15) is 0 Å². The van der Waals surface area contributed by atoms with E-state index in [0.29, 0.717) is 5.92 Å². The van der Waals surface area contributed by atoms with Crippen LogP contribution in [0.4, 0.5) is 0 Å². The molecule has 3 aliphatic rings. The average molecular weight is 252 g/mol. The standard InChI is InChI=1S/C13H14ClNO2/c14-11-9-2-4-16-12(9)10(7-5-15-6-7)8-1-3-17-13(8)11/h7,15H,1-6H2. The molecule has 0 saturated carbocycles. The zero-order valence-electron chi connectivity index (χ0n) is 9.51. The van der Waals surface area contributed by atoms with E-state index in [4.69, 9.17) is 21.1 Å². The van der Waals surface area contributed by atoms with Gasteiger partial charge in [-0.3, -0.25) is 0 Å². The highest BCUT2D eigenvalue weighted by Crippen LogP contribution is 2.49. The fraction of sp³-hybridized carbons (Fsp3) is 0.538. The quantitative estimate of drug-likeness (QED) is 0.827. The normalized spacial score (nSPS) is 21.5. The lowest BCUT2D eigenvalue weighted by molar-refractivity contribution is 0.342. The highest BCUT2D eigenvalue weighted by molar-refractivity contribution is 6.33. The third kappa shape index (κ3) is 1.27. The summed E-state index contributed by atoms with van der Waals surface area (Å²) in [5, 5.41) is 4.12. The first-order chi connectivity index (χ1) is 8.36. The molecule has 3 nitrogen and oxygen atoms in total. The smallest absolute Gasteiger partial charge is 0.142 e.